The number of aryl methyl sites for hydroxylation is 2. The van der Waals surface area contributed by atoms with Crippen LogP contribution in [0.1, 0.15) is 27.6 Å². The van der Waals surface area contributed by atoms with E-state index in [0.717, 1.165) is 17.2 Å². The molecule has 30 heavy (non-hydrogen) atoms. The number of ketones is 1. The van der Waals surface area contributed by atoms with Crippen molar-refractivity contribution in [1.82, 2.24) is 24.7 Å². The van der Waals surface area contributed by atoms with Crippen molar-refractivity contribution in [2.75, 3.05) is 12.9 Å². The zero-order valence-corrected chi connectivity index (χ0v) is 18.8. The number of nitrogens with zero attached hydrogens (tertiary/aromatic N) is 5. The summed E-state index contributed by atoms with van der Waals surface area (Å²) in [6.45, 7) is 8.28. The lowest BCUT2D eigenvalue weighted by atomic mass is 10.1. The third-order valence-electron chi connectivity index (χ3n) is 4.14. The predicted octanol–water partition coefficient (Wildman–Crippen LogP) is 4.15. The Bertz CT molecular complexity index is 1030. The van der Waals surface area contributed by atoms with Crippen LogP contribution in [-0.2, 0) is 12.3 Å². The van der Waals surface area contributed by atoms with E-state index in [1.54, 1.807) is 25.3 Å². The van der Waals surface area contributed by atoms with Gasteiger partial charge in [-0.25, -0.2) is 9.97 Å². The summed E-state index contributed by atoms with van der Waals surface area (Å²) >= 11 is 2.86. The third-order valence-corrected chi connectivity index (χ3v) is 5.95. The Labute approximate surface area is 184 Å². The van der Waals surface area contributed by atoms with Gasteiger partial charge in [0.2, 0.25) is 0 Å². The number of thioether (sulfide) groups is 2. The molecule has 3 rings (SSSR count). The third kappa shape index (κ3) is 5.48. The van der Waals surface area contributed by atoms with Crippen molar-refractivity contribution in [3.63, 3.8) is 0 Å². The van der Waals surface area contributed by atoms with E-state index in [9.17, 15) is 4.79 Å². The summed E-state index contributed by atoms with van der Waals surface area (Å²) in [6.07, 6.45) is 1.79. The van der Waals surface area contributed by atoms with E-state index in [2.05, 4.69) is 26.7 Å². The van der Waals surface area contributed by atoms with Gasteiger partial charge in [-0.2, -0.15) is 0 Å². The van der Waals surface area contributed by atoms with Gasteiger partial charge >= 0.3 is 0 Å². The first-order valence-corrected chi connectivity index (χ1v) is 11.3. The minimum absolute atomic E-state index is 0.0230. The first-order chi connectivity index (χ1) is 14.5. The molecule has 3 aromatic rings. The Balaban J connectivity index is 1.70. The number of methoxy groups -OCH3 is 1. The maximum atomic E-state index is 12.6. The summed E-state index contributed by atoms with van der Waals surface area (Å²) in [5.41, 5.74) is 2.43. The highest BCUT2D eigenvalue weighted by Gasteiger charge is 2.17. The molecule has 0 spiro atoms. The van der Waals surface area contributed by atoms with Gasteiger partial charge in [-0.15, -0.1) is 16.8 Å². The topological polar surface area (TPSA) is 82.8 Å². The molecular weight excluding hydrogens is 418 g/mol. The van der Waals surface area contributed by atoms with E-state index < -0.39 is 0 Å². The lowest BCUT2D eigenvalue weighted by molar-refractivity contribution is 0.101. The quantitative estimate of drug-likeness (QED) is 0.201. The summed E-state index contributed by atoms with van der Waals surface area (Å²) in [5, 5.41) is 9.98. The van der Waals surface area contributed by atoms with Crippen molar-refractivity contribution in [1.29, 1.82) is 0 Å². The van der Waals surface area contributed by atoms with E-state index in [1.807, 2.05) is 36.6 Å². The van der Waals surface area contributed by atoms with Gasteiger partial charge in [-0.05, 0) is 32.0 Å². The maximum Gasteiger partial charge on any atom is 0.191 e. The normalized spacial score (nSPS) is 10.8. The minimum Gasteiger partial charge on any atom is -0.496 e. The number of hydrogen-bond donors (Lipinski definition) is 0. The van der Waals surface area contributed by atoms with E-state index in [4.69, 9.17) is 4.74 Å². The standard InChI is InChI=1S/C21H23N5O2S2/c1-5-10-26-19(13-29-20-22-14(2)11-15(3)23-20)24-25-21(26)30-12-17(27)16-8-6-7-9-18(16)28-4/h5-9,11H,1,10,12-13H2,2-4H3. The maximum absolute atomic E-state index is 12.6. The largest absolute Gasteiger partial charge is 0.496 e. The molecule has 0 aliphatic carbocycles. The van der Waals surface area contributed by atoms with E-state index in [0.29, 0.717) is 33.9 Å². The number of allylic oxidation sites excluding steroid dienone is 1. The molecule has 9 heteroatoms. The second-order valence-electron chi connectivity index (χ2n) is 6.43. The van der Waals surface area contributed by atoms with Crippen LogP contribution in [0, 0.1) is 13.8 Å². The highest BCUT2D eigenvalue weighted by molar-refractivity contribution is 7.99. The van der Waals surface area contributed by atoms with Gasteiger partial charge in [0.1, 0.15) is 11.6 Å². The molecule has 0 atom stereocenters. The van der Waals surface area contributed by atoms with Crippen molar-refractivity contribution in [3.8, 4) is 5.75 Å². The molecule has 0 radical (unpaired) electrons. The van der Waals surface area contributed by atoms with Gasteiger partial charge in [0, 0.05) is 17.9 Å². The second-order valence-corrected chi connectivity index (χ2v) is 8.32. The van der Waals surface area contributed by atoms with Crippen LogP contribution in [0.3, 0.4) is 0 Å². The van der Waals surface area contributed by atoms with Gasteiger partial charge in [0.25, 0.3) is 0 Å². The van der Waals surface area contributed by atoms with Crippen LogP contribution in [0.15, 0.2) is 53.3 Å². The van der Waals surface area contributed by atoms with E-state index >= 15 is 0 Å². The first kappa shape index (κ1) is 22.0. The number of carbonyl (C=O) groups is 1. The van der Waals surface area contributed by atoms with E-state index in [-0.39, 0.29) is 11.5 Å². The average Bonchev–Trinajstić information content (AvgIpc) is 3.11. The lowest BCUT2D eigenvalue weighted by Gasteiger charge is -2.09. The van der Waals surface area contributed by atoms with Crippen LogP contribution in [0.4, 0.5) is 0 Å². The zero-order chi connectivity index (χ0) is 21.5. The second kappa shape index (κ2) is 10.4. The molecule has 156 valence electrons. The number of rotatable bonds is 10. The Morgan fingerprint density at radius 2 is 1.90 bits per heavy atom. The van der Waals surface area contributed by atoms with Crippen molar-refractivity contribution in [3.05, 3.63) is 65.8 Å². The van der Waals surface area contributed by atoms with Crippen molar-refractivity contribution in [2.24, 2.45) is 0 Å². The SMILES string of the molecule is C=CCn1c(CSc2nc(C)cc(C)n2)nnc1SCC(=O)c1ccccc1OC. The summed E-state index contributed by atoms with van der Waals surface area (Å²) in [7, 11) is 1.56. The van der Waals surface area contributed by atoms with Gasteiger partial charge in [-0.3, -0.25) is 4.79 Å². The first-order valence-electron chi connectivity index (χ1n) is 9.29. The number of para-hydroxylation sites is 1. The molecule has 0 saturated heterocycles. The number of Topliss-reactive ketones (excluding diaryl/α,β-unsaturated/α-hetero) is 1. The van der Waals surface area contributed by atoms with Crippen LogP contribution in [0.25, 0.3) is 0 Å². The molecular formula is C21H23N5O2S2. The van der Waals surface area contributed by atoms with Crippen LogP contribution < -0.4 is 4.74 Å². The Hall–Kier alpha value is -2.65. The monoisotopic (exact) mass is 441 g/mol. The van der Waals surface area contributed by atoms with Crippen LogP contribution in [0.2, 0.25) is 0 Å². The molecule has 0 unspecified atom stereocenters. The molecule has 2 heterocycles. The molecule has 0 aliphatic heterocycles. The number of hydrogen-bond acceptors (Lipinski definition) is 8. The molecule has 0 amide bonds. The van der Waals surface area contributed by atoms with Gasteiger partial charge in [-0.1, -0.05) is 41.7 Å². The molecule has 7 nitrogen and oxygen atoms in total. The summed E-state index contributed by atoms with van der Waals surface area (Å²) in [4.78, 5) is 21.6. The highest BCUT2D eigenvalue weighted by Crippen LogP contribution is 2.25. The number of aromatic nitrogens is 5. The Morgan fingerprint density at radius 3 is 2.60 bits per heavy atom. The molecule has 0 N–H and O–H groups in total. The lowest BCUT2D eigenvalue weighted by Crippen LogP contribution is -2.07. The van der Waals surface area contributed by atoms with Gasteiger partial charge in [0.15, 0.2) is 16.1 Å². The molecule has 2 aromatic heterocycles. The Kier molecular flexibility index (Phi) is 7.64. The fraction of sp³-hybridized carbons (Fsp3) is 0.286. The van der Waals surface area contributed by atoms with E-state index in [1.165, 1.54) is 23.5 Å². The van der Waals surface area contributed by atoms with Crippen LogP contribution in [-0.4, -0.2) is 43.4 Å². The molecule has 0 fully saturated rings. The molecule has 0 bridgehead atoms. The van der Waals surface area contributed by atoms with Crippen molar-refractivity contribution in [2.45, 2.75) is 36.5 Å². The van der Waals surface area contributed by atoms with Gasteiger partial charge in [0.05, 0.1) is 24.2 Å². The van der Waals surface area contributed by atoms with Crippen molar-refractivity contribution >= 4 is 29.3 Å². The fourth-order valence-corrected chi connectivity index (χ4v) is 4.55. The minimum atomic E-state index is -0.0230. The summed E-state index contributed by atoms with van der Waals surface area (Å²) < 4.78 is 7.25. The molecule has 1 aromatic carbocycles. The predicted molar refractivity (Wildman–Crippen MR) is 119 cm³/mol. The highest BCUT2D eigenvalue weighted by atomic mass is 32.2. The Morgan fingerprint density at radius 1 is 1.17 bits per heavy atom. The smallest absolute Gasteiger partial charge is 0.191 e. The van der Waals surface area contributed by atoms with Crippen molar-refractivity contribution < 1.29 is 9.53 Å². The average molecular weight is 442 g/mol. The molecule has 0 aliphatic rings. The van der Waals surface area contributed by atoms with Crippen LogP contribution in [0.5, 0.6) is 5.75 Å². The van der Waals surface area contributed by atoms with Gasteiger partial charge < -0.3 is 9.30 Å². The summed E-state index contributed by atoms with van der Waals surface area (Å²) in [6, 6.07) is 9.15. The number of carbonyl (C=O) groups excluding carboxylic acids is 1. The zero-order valence-electron chi connectivity index (χ0n) is 17.2. The summed E-state index contributed by atoms with van der Waals surface area (Å²) in [5.74, 6) is 2.15. The molecule has 0 saturated carbocycles. The van der Waals surface area contributed by atoms with Crippen LogP contribution >= 0.6 is 23.5 Å². The fourth-order valence-electron chi connectivity index (χ4n) is 2.82. The number of ether oxygens (including phenoxy) is 1. The number of benzene rings is 1.